The summed E-state index contributed by atoms with van der Waals surface area (Å²) in [6.45, 7) is 0. The first kappa shape index (κ1) is 5.96. The molecule has 11 heavy (non-hydrogen) atoms. The number of hydrogen-bond donors (Lipinski definition) is 2. The van der Waals surface area contributed by atoms with Gasteiger partial charge in [0.15, 0.2) is 11.6 Å². The zero-order valence-corrected chi connectivity index (χ0v) is 5.61. The lowest BCUT2D eigenvalue weighted by atomic mass is 10.3. The molecule has 4 N–H and O–H groups in total. The molecule has 0 spiro atoms. The number of fused-ring (bicyclic) bond motifs is 1. The van der Waals surface area contributed by atoms with Crippen molar-refractivity contribution in [2.45, 2.75) is 0 Å². The molecular formula is C6H6N4O. The van der Waals surface area contributed by atoms with Crippen LogP contribution in [0, 0.1) is 0 Å². The Balaban J connectivity index is 2.94. The molecule has 0 aliphatic heterocycles. The third-order valence-electron chi connectivity index (χ3n) is 1.44. The van der Waals surface area contributed by atoms with Crippen molar-refractivity contribution in [3.63, 3.8) is 0 Å². The van der Waals surface area contributed by atoms with E-state index in [4.69, 9.17) is 16.0 Å². The third kappa shape index (κ3) is 0.706. The lowest BCUT2D eigenvalue weighted by molar-refractivity contribution is 0.461. The van der Waals surface area contributed by atoms with Gasteiger partial charge in [0.1, 0.15) is 0 Å². The molecule has 0 amide bonds. The molecule has 0 saturated heterocycles. The predicted molar refractivity (Wildman–Crippen MR) is 40.6 cm³/mol. The summed E-state index contributed by atoms with van der Waals surface area (Å²) in [5.74, 6) is 0.654. The van der Waals surface area contributed by atoms with Gasteiger partial charge in [-0.05, 0) is 6.07 Å². The maximum Gasteiger partial charge on any atom is 0.211 e. The molecule has 56 valence electrons. The molecule has 2 rings (SSSR count). The van der Waals surface area contributed by atoms with Gasteiger partial charge in [0.05, 0.1) is 5.39 Å². The molecule has 2 aromatic heterocycles. The summed E-state index contributed by atoms with van der Waals surface area (Å²) < 4.78 is 4.82. The molecule has 0 unspecified atom stereocenters. The van der Waals surface area contributed by atoms with Crippen molar-refractivity contribution in [1.29, 1.82) is 0 Å². The van der Waals surface area contributed by atoms with Crippen LogP contribution in [0.2, 0.25) is 0 Å². The summed E-state index contributed by atoms with van der Waals surface area (Å²) >= 11 is 0. The molecule has 0 bridgehead atoms. The SMILES string of the molecule is Nc1noc2c(N)nccc12. The second-order valence-corrected chi connectivity index (χ2v) is 2.14. The van der Waals surface area contributed by atoms with Gasteiger partial charge in [0, 0.05) is 6.20 Å². The highest BCUT2D eigenvalue weighted by Gasteiger charge is 2.06. The van der Waals surface area contributed by atoms with E-state index in [1.54, 1.807) is 12.3 Å². The highest BCUT2D eigenvalue weighted by molar-refractivity contribution is 5.92. The fraction of sp³-hybridized carbons (Fsp3) is 0. The van der Waals surface area contributed by atoms with Gasteiger partial charge >= 0.3 is 0 Å². The fourth-order valence-corrected chi connectivity index (χ4v) is 0.906. The van der Waals surface area contributed by atoms with Crippen molar-refractivity contribution >= 4 is 22.6 Å². The fourth-order valence-electron chi connectivity index (χ4n) is 0.906. The number of aromatic nitrogens is 2. The van der Waals surface area contributed by atoms with Crippen molar-refractivity contribution in [3.8, 4) is 0 Å². The first-order chi connectivity index (χ1) is 5.29. The quantitative estimate of drug-likeness (QED) is 0.566. The van der Waals surface area contributed by atoms with Gasteiger partial charge in [-0.1, -0.05) is 5.16 Å². The molecule has 2 heterocycles. The van der Waals surface area contributed by atoms with Gasteiger partial charge in [-0.15, -0.1) is 0 Å². The van der Waals surface area contributed by atoms with Crippen LogP contribution in [0.1, 0.15) is 0 Å². The number of anilines is 2. The molecule has 0 aromatic carbocycles. The Morgan fingerprint density at radius 3 is 2.82 bits per heavy atom. The first-order valence-electron chi connectivity index (χ1n) is 3.04. The maximum absolute atomic E-state index is 5.47. The average Bonchev–Trinajstić information content (AvgIpc) is 2.35. The molecule has 0 fully saturated rings. The van der Waals surface area contributed by atoms with Crippen LogP contribution in [-0.4, -0.2) is 10.1 Å². The second-order valence-electron chi connectivity index (χ2n) is 2.14. The van der Waals surface area contributed by atoms with Crippen molar-refractivity contribution in [2.75, 3.05) is 11.5 Å². The average molecular weight is 150 g/mol. The third-order valence-corrected chi connectivity index (χ3v) is 1.44. The van der Waals surface area contributed by atoms with E-state index in [9.17, 15) is 0 Å². The first-order valence-corrected chi connectivity index (χ1v) is 3.04. The van der Waals surface area contributed by atoms with Crippen LogP contribution >= 0.6 is 0 Å². The van der Waals surface area contributed by atoms with Gasteiger partial charge in [-0.2, -0.15) is 0 Å². The van der Waals surface area contributed by atoms with E-state index in [1.807, 2.05) is 0 Å². The Bertz CT molecular complexity index is 394. The van der Waals surface area contributed by atoms with Gasteiger partial charge < -0.3 is 16.0 Å². The topological polar surface area (TPSA) is 91.0 Å². The summed E-state index contributed by atoms with van der Waals surface area (Å²) in [4.78, 5) is 3.81. The minimum atomic E-state index is 0.312. The Morgan fingerprint density at radius 2 is 2.09 bits per heavy atom. The van der Waals surface area contributed by atoms with Crippen LogP contribution in [-0.2, 0) is 0 Å². The van der Waals surface area contributed by atoms with Crippen LogP contribution < -0.4 is 11.5 Å². The molecule has 0 saturated carbocycles. The number of nitrogens with two attached hydrogens (primary N) is 2. The van der Waals surface area contributed by atoms with E-state index < -0.39 is 0 Å². The Hall–Kier alpha value is -1.78. The van der Waals surface area contributed by atoms with E-state index in [1.165, 1.54) is 0 Å². The highest BCUT2D eigenvalue weighted by Crippen LogP contribution is 2.22. The van der Waals surface area contributed by atoms with Gasteiger partial charge in [-0.3, -0.25) is 0 Å². The number of pyridine rings is 1. The Labute approximate surface area is 62.0 Å². The monoisotopic (exact) mass is 150 g/mol. The Morgan fingerprint density at radius 1 is 1.27 bits per heavy atom. The molecular weight excluding hydrogens is 144 g/mol. The maximum atomic E-state index is 5.47. The van der Waals surface area contributed by atoms with Crippen LogP contribution in [0.5, 0.6) is 0 Å². The smallest absolute Gasteiger partial charge is 0.211 e. The molecule has 5 heteroatoms. The van der Waals surface area contributed by atoms with Crippen molar-refractivity contribution < 1.29 is 4.52 Å². The number of rotatable bonds is 0. The summed E-state index contributed by atoms with van der Waals surface area (Å²) in [7, 11) is 0. The molecule has 0 aliphatic rings. The number of hydrogen-bond acceptors (Lipinski definition) is 5. The van der Waals surface area contributed by atoms with Gasteiger partial charge in [0.2, 0.25) is 5.58 Å². The summed E-state index contributed by atoms with van der Waals surface area (Å²) in [5.41, 5.74) is 11.4. The minimum absolute atomic E-state index is 0.312. The zero-order valence-electron chi connectivity index (χ0n) is 5.61. The largest absolute Gasteiger partial charge is 0.380 e. The van der Waals surface area contributed by atoms with E-state index in [0.717, 1.165) is 0 Å². The van der Waals surface area contributed by atoms with Crippen LogP contribution in [0.25, 0.3) is 11.0 Å². The van der Waals surface area contributed by atoms with Crippen LogP contribution in [0.3, 0.4) is 0 Å². The molecule has 0 radical (unpaired) electrons. The van der Waals surface area contributed by atoms with E-state index >= 15 is 0 Å². The summed E-state index contributed by atoms with van der Waals surface area (Å²) in [6, 6.07) is 1.71. The second kappa shape index (κ2) is 1.85. The van der Waals surface area contributed by atoms with E-state index in [-0.39, 0.29) is 0 Å². The zero-order chi connectivity index (χ0) is 7.84. The standard InChI is InChI=1S/C6H6N4O/c7-5-3-1-2-9-6(8)4(3)11-10-5/h1-2H,(H2,7,10)(H2,8,9). The van der Waals surface area contributed by atoms with Crippen LogP contribution in [0.4, 0.5) is 11.6 Å². The predicted octanol–water partition coefficient (Wildman–Crippen LogP) is 0.387. The minimum Gasteiger partial charge on any atom is -0.380 e. The molecule has 0 aliphatic carbocycles. The number of nitrogens with zero attached hydrogens (tertiary/aromatic N) is 2. The van der Waals surface area contributed by atoms with Crippen molar-refractivity contribution in [3.05, 3.63) is 12.3 Å². The van der Waals surface area contributed by atoms with Crippen molar-refractivity contribution in [1.82, 2.24) is 10.1 Å². The lowest BCUT2D eigenvalue weighted by Crippen LogP contribution is -1.89. The molecule has 0 atom stereocenters. The summed E-state index contributed by atoms with van der Waals surface area (Å²) in [6.07, 6.45) is 1.56. The molecule has 2 aromatic rings. The normalized spacial score (nSPS) is 10.5. The van der Waals surface area contributed by atoms with E-state index in [2.05, 4.69) is 10.1 Å². The van der Waals surface area contributed by atoms with Crippen molar-refractivity contribution in [2.24, 2.45) is 0 Å². The Kier molecular flexibility index (Phi) is 1.00. The lowest BCUT2D eigenvalue weighted by Gasteiger charge is -1.89. The molecule has 5 nitrogen and oxygen atoms in total. The van der Waals surface area contributed by atoms with E-state index in [0.29, 0.717) is 22.6 Å². The number of nitrogen functional groups attached to an aromatic ring is 2. The highest BCUT2D eigenvalue weighted by atomic mass is 16.5. The van der Waals surface area contributed by atoms with Gasteiger partial charge in [0.25, 0.3) is 0 Å². The van der Waals surface area contributed by atoms with Crippen LogP contribution in [0.15, 0.2) is 16.8 Å². The summed E-state index contributed by atoms with van der Waals surface area (Å²) in [5, 5.41) is 4.25. The van der Waals surface area contributed by atoms with Gasteiger partial charge in [-0.25, -0.2) is 4.98 Å².